The van der Waals surface area contributed by atoms with Crippen LogP contribution in [0.1, 0.15) is 58.8 Å². The molecule has 16 heavy (non-hydrogen) atoms. The van der Waals surface area contributed by atoms with Crippen molar-refractivity contribution < 1.29 is 14.4 Å². The Bertz CT molecular complexity index is 286. The lowest BCUT2D eigenvalue weighted by Crippen LogP contribution is -2.38. The van der Waals surface area contributed by atoms with Gasteiger partial charge in [-0.1, -0.05) is 6.92 Å². The topological polar surface area (TPSA) is 51.2 Å². The van der Waals surface area contributed by atoms with Crippen molar-refractivity contribution in [1.29, 1.82) is 0 Å². The zero-order valence-electron chi connectivity index (χ0n) is 10.2. The normalized spacial score (nSPS) is 20.6. The van der Waals surface area contributed by atoms with E-state index in [0.29, 0.717) is 32.1 Å². The first-order chi connectivity index (χ1) is 7.53. The molecule has 1 aliphatic carbocycles. The second-order valence-electron chi connectivity index (χ2n) is 4.69. The van der Waals surface area contributed by atoms with Gasteiger partial charge in [-0.15, -0.1) is 0 Å². The van der Waals surface area contributed by atoms with Crippen LogP contribution >= 0.6 is 0 Å². The lowest BCUT2D eigenvalue weighted by atomic mass is 9.72. The van der Waals surface area contributed by atoms with Gasteiger partial charge in [0.15, 0.2) is 0 Å². The van der Waals surface area contributed by atoms with Gasteiger partial charge in [-0.25, -0.2) is 0 Å². The first-order valence-corrected chi connectivity index (χ1v) is 6.09. The molecule has 0 radical (unpaired) electrons. The second-order valence-corrected chi connectivity index (χ2v) is 4.69. The molecule has 0 bridgehead atoms. The Morgan fingerprint density at radius 3 is 2.06 bits per heavy atom. The van der Waals surface area contributed by atoms with Gasteiger partial charge in [-0.2, -0.15) is 0 Å². The number of hydrogen-bond donors (Lipinski definition) is 0. The Morgan fingerprint density at radius 2 is 1.69 bits per heavy atom. The zero-order chi connectivity index (χ0) is 12.2. The Balaban J connectivity index is 2.90. The van der Waals surface area contributed by atoms with E-state index in [2.05, 4.69) is 0 Å². The zero-order valence-corrected chi connectivity index (χ0v) is 10.2. The maximum Gasteiger partial charge on any atom is 0.146 e. The molecule has 0 amide bonds. The molecule has 0 spiro atoms. The van der Waals surface area contributed by atoms with E-state index in [1.54, 1.807) is 0 Å². The van der Waals surface area contributed by atoms with E-state index in [1.165, 1.54) is 6.92 Å². The minimum atomic E-state index is -0.845. The maximum absolute atomic E-state index is 12.1. The molecular formula is C13H20O3. The summed E-state index contributed by atoms with van der Waals surface area (Å²) in [6, 6.07) is 0. The summed E-state index contributed by atoms with van der Waals surface area (Å²) < 4.78 is 0. The van der Waals surface area contributed by atoms with Gasteiger partial charge < -0.3 is 4.79 Å². The van der Waals surface area contributed by atoms with Crippen LogP contribution in [-0.4, -0.2) is 17.3 Å². The SMILES string of the molecule is CCC1(CCC(C)=O)C(=O)CCCCC1=O. The average molecular weight is 224 g/mol. The van der Waals surface area contributed by atoms with Crippen LogP contribution in [0, 0.1) is 5.41 Å². The molecule has 0 aromatic carbocycles. The van der Waals surface area contributed by atoms with Gasteiger partial charge in [-0.3, -0.25) is 9.59 Å². The molecule has 1 fully saturated rings. The third-order valence-electron chi connectivity index (χ3n) is 3.63. The van der Waals surface area contributed by atoms with E-state index in [9.17, 15) is 14.4 Å². The van der Waals surface area contributed by atoms with Gasteiger partial charge in [0.1, 0.15) is 17.3 Å². The molecule has 0 aliphatic heterocycles. The van der Waals surface area contributed by atoms with Crippen LogP contribution in [-0.2, 0) is 14.4 Å². The first kappa shape index (κ1) is 13.1. The molecule has 0 atom stereocenters. The molecular weight excluding hydrogens is 204 g/mol. The number of hydrogen-bond acceptors (Lipinski definition) is 3. The van der Waals surface area contributed by atoms with Crippen molar-refractivity contribution in [2.24, 2.45) is 5.41 Å². The van der Waals surface area contributed by atoms with Gasteiger partial charge in [0.2, 0.25) is 0 Å². The summed E-state index contributed by atoms with van der Waals surface area (Å²) in [5.74, 6) is 0.162. The Morgan fingerprint density at radius 1 is 1.19 bits per heavy atom. The standard InChI is InChI=1S/C13H20O3/c1-3-13(9-8-10(2)14)11(15)6-4-5-7-12(13)16/h3-9H2,1-2H3. The summed E-state index contributed by atoms with van der Waals surface area (Å²) in [6.45, 7) is 3.39. The van der Waals surface area contributed by atoms with Gasteiger partial charge in [0.05, 0.1) is 5.41 Å². The van der Waals surface area contributed by atoms with E-state index >= 15 is 0 Å². The van der Waals surface area contributed by atoms with Gasteiger partial charge in [0.25, 0.3) is 0 Å². The molecule has 3 nitrogen and oxygen atoms in total. The van der Waals surface area contributed by atoms with Crippen molar-refractivity contribution in [3.05, 3.63) is 0 Å². The van der Waals surface area contributed by atoms with Gasteiger partial charge in [-0.05, 0) is 32.6 Å². The van der Waals surface area contributed by atoms with E-state index < -0.39 is 5.41 Å². The molecule has 1 rings (SSSR count). The predicted octanol–water partition coefficient (Wildman–Crippen LogP) is 2.46. The molecule has 0 aromatic rings. The van der Waals surface area contributed by atoms with Gasteiger partial charge >= 0.3 is 0 Å². The molecule has 90 valence electrons. The summed E-state index contributed by atoms with van der Waals surface area (Å²) in [6.07, 6.45) is 3.91. The molecule has 1 aliphatic rings. The van der Waals surface area contributed by atoms with E-state index in [0.717, 1.165) is 12.8 Å². The maximum atomic E-state index is 12.1. The van der Waals surface area contributed by atoms with Crippen LogP contribution in [0.2, 0.25) is 0 Å². The molecule has 3 heteroatoms. The first-order valence-electron chi connectivity index (χ1n) is 6.09. The van der Waals surface area contributed by atoms with Crippen LogP contribution in [0.4, 0.5) is 0 Å². The molecule has 0 heterocycles. The number of ketones is 3. The average Bonchev–Trinajstić information content (AvgIpc) is 2.37. The quantitative estimate of drug-likeness (QED) is 0.544. The molecule has 0 unspecified atom stereocenters. The minimum Gasteiger partial charge on any atom is -0.300 e. The lowest BCUT2D eigenvalue weighted by molar-refractivity contribution is -0.141. The molecule has 0 N–H and O–H groups in total. The van der Waals surface area contributed by atoms with Crippen molar-refractivity contribution in [2.45, 2.75) is 58.8 Å². The third kappa shape index (κ3) is 2.57. The molecule has 1 saturated carbocycles. The lowest BCUT2D eigenvalue weighted by Gasteiger charge is -2.28. The number of Topliss-reactive ketones (excluding diaryl/α,β-unsaturated/α-hetero) is 3. The molecule has 0 aromatic heterocycles. The number of carbonyl (C=O) groups excluding carboxylic acids is 3. The Kier molecular flexibility index (Phi) is 4.39. The van der Waals surface area contributed by atoms with E-state index in [4.69, 9.17) is 0 Å². The van der Waals surface area contributed by atoms with Crippen LogP contribution in [0.3, 0.4) is 0 Å². The number of rotatable bonds is 4. The van der Waals surface area contributed by atoms with Crippen LogP contribution in [0.25, 0.3) is 0 Å². The molecule has 0 saturated heterocycles. The van der Waals surface area contributed by atoms with Crippen LogP contribution in [0.15, 0.2) is 0 Å². The fraction of sp³-hybridized carbons (Fsp3) is 0.769. The monoisotopic (exact) mass is 224 g/mol. The summed E-state index contributed by atoms with van der Waals surface area (Å²) in [7, 11) is 0. The van der Waals surface area contributed by atoms with E-state index in [1.807, 2.05) is 6.92 Å². The van der Waals surface area contributed by atoms with Gasteiger partial charge in [0, 0.05) is 19.3 Å². The van der Waals surface area contributed by atoms with Crippen molar-refractivity contribution in [1.82, 2.24) is 0 Å². The predicted molar refractivity (Wildman–Crippen MR) is 61.1 cm³/mol. The largest absolute Gasteiger partial charge is 0.300 e. The van der Waals surface area contributed by atoms with E-state index in [-0.39, 0.29) is 17.3 Å². The fourth-order valence-corrected chi connectivity index (χ4v) is 2.44. The summed E-state index contributed by atoms with van der Waals surface area (Å²) in [4.78, 5) is 35.1. The number of carbonyl (C=O) groups is 3. The second kappa shape index (κ2) is 5.37. The van der Waals surface area contributed by atoms with Crippen molar-refractivity contribution in [2.75, 3.05) is 0 Å². The Hall–Kier alpha value is -0.990. The van der Waals surface area contributed by atoms with Crippen molar-refractivity contribution >= 4 is 17.3 Å². The fourth-order valence-electron chi connectivity index (χ4n) is 2.44. The van der Waals surface area contributed by atoms with Crippen LogP contribution in [0.5, 0.6) is 0 Å². The summed E-state index contributed by atoms with van der Waals surface area (Å²) in [5.41, 5.74) is -0.845. The smallest absolute Gasteiger partial charge is 0.146 e. The van der Waals surface area contributed by atoms with Crippen molar-refractivity contribution in [3.63, 3.8) is 0 Å². The highest BCUT2D eigenvalue weighted by Gasteiger charge is 2.43. The Labute approximate surface area is 96.6 Å². The summed E-state index contributed by atoms with van der Waals surface area (Å²) in [5, 5.41) is 0. The highest BCUT2D eigenvalue weighted by molar-refractivity contribution is 6.07. The third-order valence-corrected chi connectivity index (χ3v) is 3.63. The van der Waals surface area contributed by atoms with Crippen LogP contribution < -0.4 is 0 Å². The summed E-state index contributed by atoms with van der Waals surface area (Å²) >= 11 is 0. The van der Waals surface area contributed by atoms with Crippen molar-refractivity contribution in [3.8, 4) is 0 Å². The highest BCUT2D eigenvalue weighted by Crippen LogP contribution is 2.36. The minimum absolute atomic E-state index is 0.0534. The highest BCUT2D eigenvalue weighted by atomic mass is 16.2.